The van der Waals surface area contributed by atoms with Gasteiger partial charge in [-0.1, -0.05) is 31.9 Å². The standard InChI is InChI=1S/C12H19N/c1-4-6-12(7-5-10-13)9-8-11(2)3/h1,5-7,11H,8-10,13H2,2-3H3/b7-5-,12-6+. The molecule has 0 radical (unpaired) electrons. The number of nitrogens with two attached hydrogens (primary N) is 1. The number of terminal acetylenes is 1. The molecule has 1 nitrogen and oxygen atoms in total. The Kier molecular flexibility index (Phi) is 7.05. The molecule has 72 valence electrons. The average molecular weight is 177 g/mol. The Morgan fingerprint density at radius 1 is 1.54 bits per heavy atom. The van der Waals surface area contributed by atoms with Crippen LogP contribution in [0.1, 0.15) is 26.7 Å². The Morgan fingerprint density at radius 2 is 2.23 bits per heavy atom. The summed E-state index contributed by atoms with van der Waals surface area (Å²) in [5.41, 5.74) is 6.56. The summed E-state index contributed by atoms with van der Waals surface area (Å²) < 4.78 is 0. The van der Waals surface area contributed by atoms with Gasteiger partial charge >= 0.3 is 0 Å². The zero-order valence-corrected chi connectivity index (χ0v) is 8.59. The molecule has 0 saturated heterocycles. The lowest BCUT2D eigenvalue weighted by atomic mass is 10.0. The van der Waals surface area contributed by atoms with Crippen LogP contribution in [-0.2, 0) is 0 Å². The third kappa shape index (κ3) is 7.36. The van der Waals surface area contributed by atoms with Crippen LogP contribution in [0.25, 0.3) is 0 Å². The van der Waals surface area contributed by atoms with Gasteiger partial charge in [-0.05, 0) is 30.4 Å². The van der Waals surface area contributed by atoms with E-state index < -0.39 is 0 Å². The summed E-state index contributed by atoms with van der Waals surface area (Å²) in [5, 5.41) is 0. The first-order chi connectivity index (χ1) is 6.20. The molecule has 1 heteroatoms. The van der Waals surface area contributed by atoms with Gasteiger partial charge in [0.2, 0.25) is 0 Å². The van der Waals surface area contributed by atoms with Crippen molar-refractivity contribution < 1.29 is 0 Å². The quantitative estimate of drug-likeness (QED) is 0.507. The summed E-state index contributed by atoms with van der Waals surface area (Å²) >= 11 is 0. The Hall–Kier alpha value is -1.00. The molecule has 0 aromatic heterocycles. The van der Waals surface area contributed by atoms with Crippen LogP contribution in [0.2, 0.25) is 0 Å². The lowest BCUT2D eigenvalue weighted by Gasteiger charge is -2.04. The molecule has 0 aliphatic carbocycles. The molecular formula is C12H19N. The topological polar surface area (TPSA) is 26.0 Å². The van der Waals surface area contributed by atoms with Gasteiger partial charge in [0.05, 0.1) is 0 Å². The molecule has 0 aromatic rings. The molecule has 0 bridgehead atoms. The highest BCUT2D eigenvalue weighted by Gasteiger charge is 1.96. The summed E-state index contributed by atoms with van der Waals surface area (Å²) in [6, 6.07) is 0. The van der Waals surface area contributed by atoms with Crippen LogP contribution < -0.4 is 5.73 Å². The largest absolute Gasteiger partial charge is 0.327 e. The molecule has 13 heavy (non-hydrogen) atoms. The molecule has 2 N–H and O–H groups in total. The van der Waals surface area contributed by atoms with E-state index in [0.717, 1.165) is 6.42 Å². The van der Waals surface area contributed by atoms with E-state index in [1.807, 2.05) is 18.2 Å². The van der Waals surface area contributed by atoms with Crippen molar-refractivity contribution in [3.8, 4) is 12.3 Å². The maximum Gasteiger partial charge on any atom is 0.0110 e. The first-order valence-electron chi connectivity index (χ1n) is 4.72. The van der Waals surface area contributed by atoms with Gasteiger partial charge in [0.25, 0.3) is 0 Å². The summed E-state index contributed by atoms with van der Waals surface area (Å²) in [4.78, 5) is 0. The van der Waals surface area contributed by atoms with Crippen LogP contribution in [0.5, 0.6) is 0 Å². The van der Waals surface area contributed by atoms with E-state index in [1.54, 1.807) is 0 Å². The third-order valence-electron chi connectivity index (χ3n) is 1.75. The van der Waals surface area contributed by atoms with E-state index in [4.69, 9.17) is 12.2 Å². The van der Waals surface area contributed by atoms with E-state index in [1.165, 1.54) is 12.0 Å². The van der Waals surface area contributed by atoms with Crippen LogP contribution in [0.15, 0.2) is 23.8 Å². The van der Waals surface area contributed by atoms with Gasteiger partial charge in [0.1, 0.15) is 0 Å². The second-order valence-corrected chi connectivity index (χ2v) is 3.46. The van der Waals surface area contributed by atoms with Crippen molar-refractivity contribution in [2.24, 2.45) is 11.7 Å². The highest BCUT2D eigenvalue weighted by atomic mass is 14.5. The normalized spacial score (nSPS) is 12.4. The Labute approximate surface area is 81.7 Å². The lowest BCUT2D eigenvalue weighted by molar-refractivity contribution is 0.588. The maximum absolute atomic E-state index is 5.36. The fourth-order valence-corrected chi connectivity index (χ4v) is 0.985. The molecule has 0 unspecified atom stereocenters. The predicted octanol–water partition coefficient (Wildman–Crippen LogP) is 2.50. The summed E-state index contributed by atoms with van der Waals surface area (Å²) in [7, 11) is 0. The van der Waals surface area contributed by atoms with Crippen molar-refractivity contribution in [1.29, 1.82) is 0 Å². The number of hydrogen-bond donors (Lipinski definition) is 1. The monoisotopic (exact) mass is 177 g/mol. The minimum absolute atomic E-state index is 0.573. The fraction of sp³-hybridized carbons (Fsp3) is 0.500. The van der Waals surface area contributed by atoms with E-state index in [9.17, 15) is 0 Å². The zero-order chi connectivity index (χ0) is 10.1. The average Bonchev–Trinajstić information content (AvgIpc) is 2.09. The van der Waals surface area contributed by atoms with Gasteiger partial charge in [-0.15, -0.1) is 6.42 Å². The first-order valence-corrected chi connectivity index (χ1v) is 4.72. The van der Waals surface area contributed by atoms with Gasteiger partial charge in [-0.3, -0.25) is 0 Å². The summed E-state index contributed by atoms with van der Waals surface area (Å²) in [5.74, 6) is 3.26. The Bertz CT molecular complexity index is 216. The SMILES string of the molecule is C#C/C=C(\C=C/CN)CCC(C)C. The highest BCUT2D eigenvalue weighted by Crippen LogP contribution is 2.12. The molecule has 0 saturated carbocycles. The highest BCUT2D eigenvalue weighted by molar-refractivity contribution is 5.27. The number of hydrogen-bond acceptors (Lipinski definition) is 1. The Morgan fingerprint density at radius 3 is 2.69 bits per heavy atom. The molecule has 0 heterocycles. The molecule has 0 aromatic carbocycles. The summed E-state index contributed by atoms with van der Waals surface area (Å²) in [6.07, 6.45) is 13.2. The smallest absolute Gasteiger partial charge is 0.0110 e. The predicted molar refractivity (Wildman–Crippen MR) is 59.2 cm³/mol. The third-order valence-corrected chi connectivity index (χ3v) is 1.75. The minimum Gasteiger partial charge on any atom is -0.327 e. The van der Waals surface area contributed by atoms with Crippen molar-refractivity contribution in [1.82, 2.24) is 0 Å². The van der Waals surface area contributed by atoms with Crippen LogP contribution >= 0.6 is 0 Å². The van der Waals surface area contributed by atoms with Gasteiger partial charge in [-0.2, -0.15) is 0 Å². The maximum atomic E-state index is 5.36. The molecule has 0 rings (SSSR count). The summed E-state index contributed by atoms with van der Waals surface area (Å²) in [6.45, 7) is 4.99. The van der Waals surface area contributed by atoms with Gasteiger partial charge in [0, 0.05) is 6.54 Å². The minimum atomic E-state index is 0.573. The van der Waals surface area contributed by atoms with E-state index in [0.29, 0.717) is 12.5 Å². The lowest BCUT2D eigenvalue weighted by Crippen LogP contribution is -1.93. The van der Waals surface area contributed by atoms with Crippen molar-refractivity contribution in [2.75, 3.05) is 6.54 Å². The van der Waals surface area contributed by atoms with E-state index in [-0.39, 0.29) is 0 Å². The zero-order valence-electron chi connectivity index (χ0n) is 8.59. The van der Waals surface area contributed by atoms with Gasteiger partial charge < -0.3 is 5.73 Å². The molecule has 0 fully saturated rings. The van der Waals surface area contributed by atoms with Crippen LogP contribution in [0.3, 0.4) is 0 Å². The second-order valence-electron chi connectivity index (χ2n) is 3.46. The van der Waals surface area contributed by atoms with Gasteiger partial charge in [0.15, 0.2) is 0 Å². The van der Waals surface area contributed by atoms with E-state index in [2.05, 4.69) is 19.8 Å². The first kappa shape index (κ1) is 12.0. The van der Waals surface area contributed by atoms with Crippen LogP contribution in [0, 0.1) is 18.3 Å². The number of rotatable bonds is 5. The molecule has 0 amide bonds. The van der Waals surface area contributed by atoms with Crippen molar-refractivity contribution in [3.05, 3.63) is 23.8 Å². The van der Waals surface area contributed by atoms with Crippen LogP contribution in [0.4, 0.5) is 0 Å². The second kappa shape index (κ2) is 7.64. The molecular weight excluding hydrogens is 158 g/mol. The van der Waals surface area contributed by atoms with Crippen LogP contribution in [-0.4, -0.2) is 6.54 Å². The van der Waals surface area contributed by atoms with Crippen molar-refractivity contribution in [3.63, 3.8) is 0 Å². The van der Waals surface area contributed by atoms with Crippen molar-refractivity contribution >= 4 is 0 Å². The molecule has 0 atom stereocenters. The van der Waals surface area contributed by atoms with Gasteiger partial charge in [-0.25, -0.2) is 0 Å². The van der Waals surface area contributed by atoms with Crippen molar-refractivity contribution in [2.45, 2.75) is 26.7 Å². The fourth-order valence-electron chi connectivity index (χ4n) is 0.985. The molecule has 0 aliphatic heterocycles. The van der Waals surface area contributed by atoms with E-state index >= 15 is 0 Å². The molecule has 0 aliphatic rings. The molecule has 0 spiro atoms. The number of allylic oxidation sites excluding steroid dienone is 3. The Balaban J connectivity index is 4.05.